The van der Waals surface area contributed by atoms with Crippen LogP contribution in [0.3, 0.4) is 0 Å². The lowest BCUT2D eigenvalue weighted by Crippen LogP contribution is -2.13. The molecular weight excluding hydrogens is 368 g/mol. The number of nitrogens with one attached hydrogen (secondary N) is 1. The van der Waals surface area contributed by atoms with Crippen molar-refractivity contribution in [1.29, 1.82) is 0 Å². The van der Waals surface area contributed by atoms with Gasteiger partial charge in [0.2, 0.25) is 0 Å². The molecule has 0 spiro atoms. The van der Waals surface area contributed by atoms with E-state index in [4.69, 9.17) is 11.6 Å². The molecule has 2 aromatic rings. The Balaban J connectivity index is 2.24. The number of hydrogen-bond acceptors (Lipinski definition) is 1. The quantitative estimate of drug-likeness (QED) is 0.778. The Morgan fingerprint density at radius 2 is 2.00 bits per heavy atom. The summed E-state index contributed by atoms with van der Waals surface area (Å²) in [5, 5.41) is 2.86. The van der Waals surface area contributed by atoms with E-state index >= 15 is 0 Å². The predicted octanol–water partition coefficient (Wildman–Crippen LogP) is 4.34. The molecule has 92 valence electrons. The van der Waals surface area contributed by atoms with Crippen molar-refractivity contribution in [3.05, 3.63) is 62.4 Å². The lowest BCUT2D eigenvalue weighted by Gasteiger charge is -2.07. The summed E-state index contributed by atoms with van der Waals surface area (Å²) in [5.74, 6) is -0.881. The summed E-state index contributed by atoms with van der Waals surface area (Å²) in [7, 11) is 0. The molecule has 0 radical (unpaired) electrons. The Hall–Kier alpha value is -1.14. The maximum Gasteiger partial charge on any atom is 0.255 e. The first-order chi connectivity index (χ1) is 8.56. The topological polar surface area (TPSA) is 29.1 Å². The summed E-state index contributed by atoms with van der Waals surface area (Å²) in [6.45, 7) is 0. The number of benzene rings is 2. The fraction of sp³-hybridized carbons (Fsp3) is 0. The van der Waals surface area contributed by atoms with E-state index in [0.717, 1.165) is 3.57 Å². The molecule has 2 nitrogen and oxygen atoms in total. The Kier molecular flexibility index (Phi) is 4.19. The average Bonchev–Trinajstić information content (AvgIpc) is 2.34. The minimum atomic E-state index is -0.515. The molecule has 2 aromatic carbocycles. The summed E-state index contributed by atoms with van der Waals surface area (Å²) in [5.41, 5.74) is 0.549. The van der Waals surface area contributed by atoms with Crippen LogP contribution in [0.4, 0.5) is 10.1 Å². The van der Waals surface area contributed by atoms with E-state index < -0.39 is 5.82 Å². The molecule has 0 aromatic heterocycles. The fourth-order valence-corrected chi connectivity index (χ4v) is 2.13. The zero-order valence-electron chi connectivity index (χ0n) is 9.08. The van der Waals surface area contributed by atoms with Crippen LogP contribution in [0.1, 0.15) is 10.4 Å². The summed E-state index contributed by atoms with van der Waals surface area (Å²) in [6, 6.07) is 11.0. The molecule has 18 heavy (non-hydrogen) atoms. The van der Waals surface area contributed by atoms with E-state index in [1.165, 1.54) is 18.2 Å². The second-order valence-electron chi connectivity index (χ2n) is 3.59. The van der Waals surface area contributed by atoms with Crippen LogP contribution in [0.25, 0.3) is 0 Å². The van der Waals surface area contributed by atoms with Crippen molar-refractivity contribution in [1.82, 2.24) is 0 Å². The van der Waals surface area contributed by atoms with Crippen LogP contribution in [0, 0.1) is 9.39 Å². The van der Waals surface area contributed by atoms with Gasteiger partial charge in [-0.15, -0.1) is 0 Å². The van der Waals surface area contributed by atoms with Crippen LogP contribution in [0.15, 0.2) is 42.5 Å². The van der Waals surface area contributed by atoms with Crippen molar-refractivity contribution < 1.29 is 9.18 Å². The number of hydrogen-bond donors (Lipinski definition) is 1. The average molecular weight is 376 g/mol. The van der Waals surface area contributed by atoms with Gasteiger partial charge in [0.25, 0.3) is 5.91 Å². The van der Waals surface area contributed by atoms with Gasteiger partial charge in [-0.1, -0.05) is 17.7 Å². The highest BCUT2D eigenvalue weighted by Crippen LogP contribution is 2.20. The molecule has 0 aliphatic rings. The maximum absolute atomic E-state index is 13.5. The highest BCUT2D eigenvalue weighted by Gasteiger charge is 2.09. The van der Waals surface area contributed by atoms with Crippen LogP contribution < -0.4 is 5.32 Å². The summed E-state index contributed by atoms with van der Waals surface area (Å²) >= 11 is 7.86. The highest BCUT2D eigenvalue weighted by atomic mass is 127. The normalized spacial score (nSPS) is 10.2. The first kappa shape index (κ1) is 13.3. The molecule has 0 atom stereocenters. The Labute approximate surface area is 122 Å². The number of anilines is 1. The number of halogens is 3. The smallest absolute Gasteiger partial charge is 0.255 e. The number of rotatable bonds is 2. The van der Waals surface area contributed by atoms with Gasteiger partial charge in [0.15, 0.2) is 0 Å². The SMILES string of the molecule is O=C(Nc1cc(Cl)ccc1F)c1cccc(I)c1. The molecule has 5 heteroatoms. The van der Waals surface area contributed by atoms with E-state index in [2.05, 4.69) is 27.9 Å². The molecule has 2 rings (SSSR count). The zero-order chi connectivity index (χ0) is 13.1. The van der Waals surface area contributed by atoms with Crippen molar-refractivity contribution in [3.63, 3.8) is 0 Å². The molecule has 0 bridgehead atoms. The van der Waals surface area contributed by atoms with Crippen molar-refractivity contribution in [2.45, 2.75) is 0 Å². The molecular formula is C13H8ClFINO. The van der Waals surface area contributed by atoms with Gasteiger partial charge in [0, 0.05) is 14.2 Å². The van der Waals surface area contributed by atoms with Gasteiger partial charge in [-0.3, -0.25) is 4.79 Å². The van der Waals surface area contributed by atoms with Crippen LogP contribution >= 0.6 is 34.2 Å². The Morgan fingerprint density at radius 1 is 1.22 bits per heavy atom. The van der Waals surface area contributed by atoms with Crippen molar-refractivity contribution in [2.75, 3.05) is 5.32 Å². The Morgan fingerprint density at radius 3 is 2.72 bits per heavy atom. The third kappa shape index (κ3) is 3.20. The standard InChI is InChI=1S/C13H8ClFINO/c14-9-4-5-11(15)12(7-9)17-13(18)8-2-1-3-10(16)6-8/h1-7H,(H,17,18). The van der Waals surface area contributed by atoms with E-state index in [0.29, 0.717) is 10.6 Å². The van der Waals surface area contributed by atoms with Gasteiger partial charge < -0.3 is 5.32 Å². The highest BCUT2D eigenvalue weighted by molar-refractivity contribution is 14.1. The first-order valence-corrected chi connectivity index (χ1v) is 6.54. The van der Waals surface area contributed by atoms with Crippen molar-refractivity contribution in [3.8, 4) is 0 Å². The molecule has 0 fully saturated rings. The van der Waals surface area contributed by atoms with Crippen LogP contribution in [-0.4, -0.2) is 5.91 Å². The van der Waals surface area contributed by atoms with Gasteiger partial charge in [-0.2, -0.15) is 0 Å². The molecule has 0 aliphatic heterocycles. The second-order valence-corrected chi connectivity index (χ2v) is 5.27. The van der Waals surface area contributed by atoms with Crippen molar-refractivity contribution in [2.24, 2.45) is 0 Å². The predicted molar refractivity (Wildman–Crippen MR) is 78.5 cm³/mol. The van der Waals surface area contributed by atoms with Crippen LogP contribution in [-0.2, 0) is 0 Å². The third-order valence-electron chi connectivity index (χ3n) is 2.26. The first-order valence-electron chi connectivity index (χ1n) is 5.08. The molecule has 0 aliphatic carbocycles. The molecule has 0 heterocycles. The molecule has 1 N–H and O–H groups in total. The monoisotopic (exact) mass is 375 g/mol. The van der Waals surface area contributed by atoms with Gasteiger partial charge >= 0.3 is 0 Å². The lowest BCUT2D eigenvalue weighted by molar-refractivity contribution is 0.102. The second kappa shape index (κ2) is 5.67. The zero-order valence-corrected chi connectivity index (χ0v) is 12.0. The number of amides is 1. The fourth-order valence-electron chi connectivity index (χ4n) is 1.42. The van der Waals surface area contributed by atoms with Gasteiger partial charge in [-0.05, 0) is 59.0 Å². The van der Waals surface area contributed by atoms with Gasteiger partial charge in [0.1, 0.15) is 5.82 Å². The van der Waals surface area contributed by atoms with E-state index in [-0.39, 0.29) is 11.6 Å². The summed E-state index contributed by atoms with van der Waals surface area (Å²) in [4.78, 5) is 11.9. The number of carbonyl (C=O) groups is 1. The molecule has 0 saturated heterocycles. The molecule has 0 unspecified atom stereocenters. The summed E-state index contributed by atoms with van der Waals surface area (Å²) in [6.07, 6.45) is 0. The van der Waals surface area contributed by atoms with E-state index in [9.17, 15) is 9.18 Å². The molecule has 1 amide bonds. The lowest BCUT2D eigenvalue weighted by atomic mass is 10.2. The summed E-state index contributed by atoms with van der Waals surface area (Å²) < 4.78 is 14.4. The maximum atomic E-state index is 13.5. The Bertz CT molecular complexity index is 603. The third-order valence-corrected chi connectivity index (χ3v) is 3.17. The minimum Gasteiger partial charge on any atom is -0.319 e. The largest absolute Gasteiger partial charge is 0.319 e. The van der Waals surface area contributed by atoms with E-state index in [1.807, 2.05) is 6.07 Å². The van der Waals surface area contributed by atoms with Gasteiger partial charge in [-0.25, -0.2) is 4.39 Å². The molecule has 0 saturated carbocycles. The van der Waals surface area contributed by atoms with Crippen molar-refractivity contribution >= 4 is 45.8 Å². The van der Waals surface area contributed by atoms with E-state index in [1.54, 1.807) is 18.2 Å². The number of carbonyl (C=O) groups excluding carboxylic acids is 1. The van der Waals surface area contributed by atoms with Gasteiger partial charge in [0.05, 0.1) is 5.69 Å². The van der Waals surface area contributed by atoms with Crippen LogP contribution in [0.2, 0.25) is 5.02 Å². The van der Waals surface area contributed by atoms with Crippen LogP contribution in [0.5, 0.6) is 0 Å². The minimum absolute atomic E-state index is 0.0753.